The Morgan fingerprint density at radius 2 is 1.91 bits per heavy atom. The number of carbonyl (C=O) groups excluding carboxylic acids is 1. The van der Waals surface area contributed by atoms with Gasteiger partial charge in [-0.1, -0.05) is 43.3 Å². The van der Waals surface area contributed by atoms with Gasteiger partial charge in [0.15, 0.2) is 11.5 Å². The van der Waals surface area contributed by atoms with Crippen LogP contribution in [-0.2, 0) is 0 Å². The standard InChI is InChI=1S/C28H29N5O2/c1-18(2)25-15-24(32-35-25)28(34)33-14-6-8-21(17-33)26-23(22-9-5-4-7-19(22)3)16-30-27(31-26)20-10-12-29-13-11-20/h4-5,7,9-13,15-16,18,21H,6,8,14,17H2,1-3H3. The Balaban J connectivity index is 1.51. The van der Waals surface area contributed by atoms with Crippen molar-refractivity contribution in [3.8, 4) is 22.5 Å². The monoisotopic (exact) mass is 467 g/mol. The van der Waals surface area contributed by atoms with Gasteiger partial charge >= 0.3 is 0 Å². The number of aromatic nitrogens is 4. The molecule has 178 valence electrons. The molecule has 7 heteroatoms. The van der Waals surface area contributed by atoms with E-state index in [4.69, 9.17) is 14.5 Å². The number of amides is 1. The predicted octanol–water partition coefficient (Wildman–Crippen LogP) is 5.65. The number of benzene rings is 1. The molecule has 5 rings (SSSR count). The molecular weight excluding hydrogens is 438 g/mol. The Morgan fingerprint density at radius 3 is 2.66 bits per heavy atom. The molecule has 0 spiro atoms. The highest BCUT2D eigenvalue weighted by atomic mass is 16.5. The molecule has 35 heavy (non-hydrogen) atoms. The Bertz CT molecular complexity index is 1330. The average Bonchev–Trinajstić information content (AvgIpc) is 3.40. The molecule has 1 fully saturated rings. The Labute approximate surface area is 205 Å². The average molecular weight is 468 g/mol. The van der Waals surface area contributed by atoms with Crippen molar-refractivity contribution in [2.45, 2.75) is 45.4 Å². The Hall–Kier alpha value is -3.87. The highest BCUT2D eigenvalue weighted by Gasteiger charge is 2.30. The largest absolute Gasteiger partial charge is 0.360 e. The van der Waals surface area contributed by atoms with Gasteiger partial charge in [0.1, 0.15) is 5.76 Å². The molecule has 3 aromatic heterocycles. The summed E-state index contributed by atoms with van der Waals surface area (Å²) in [6.45, 7) is 7.42. The second kappa shape index (κ2) is 9.78. The van der Waals surface area contributed by atoms with Crippen molar-refractivity contribution in [1.29, 1.82) is 0 Å². The third-order valence-electron chi connectivity index (χ3n) is 6.60. The molecule has 1 aliphatic heterocycles. The third-order valence-corrected chi connectivity index (χ3v) is 6.60. The summed E-state index contributed by atoms with van der Waals surface area (Å²) in [7, 11) is 0. The van der Waals surface area contributed by atoms with E-state index in [1.807, 2.05) is 49.2 Å². The van der Waals surface area contributed by atoms with Crippen molar-refractivity contribution < 1.29 is 9.32 Å². The van der Waals surface area contributed by atoms with Crippen molar-refractivity contribution in [3.05, 3.63) is 83.8 Å². The normalized spacial score (nSPS) is 16.0. The van der Waals surface area contributed by atoms with Crippen LogP contribution in [0.4, 0.5) is 0 Å². The maximum absolute atomic E-state index is 13.3. The van der Waals surface area contributed by atoms with E-state index in [1.165, 1.54) is 5.56 Å². The summed E-state index contributed by atoms with van der Waals surface area (Å²) >= 11 is 0. The summed E-state index contributed by atoms with van der Waals surface area (Å²) in [4.78, 5) is 29.0. The number of rotatable bonds is 5. The van der Waals surface area contributed by atoms with Gasteiger partial charge in [-0.2, -0.15) is 0 Å². The first-order valence-corrected chi connectivity index (χ1v) is 12.1. The first-order valence-electron chi connectivity index (χ1n) is 12.1. The number of hydrogen-bond acceptors (Lipinski definition) is 6. The first-order chi connectivity index (χ1) is 17.0. The van der Waals surface area contributed by atoms with Gasteiger partial charge in [-0.3, -0.25) is 9.78 Å². The molecule has 4 aromatic rings. The van der Waals surface area contributed by atoms with E-state index in [0.29, 0.717) is 24.6 Å². The minimum Gasteiger partial charge on any atom is -0.360 e. The van der Waals surface area contributed by atoms with E-state index in [1.54, 1.807) is 18.5 Å². The van der Waals surface area contributed by atoms with Gasteiger partial charge in [0.05, 0.1) is 5.69 Å². The van der Waals surface area contributed by atoms with E-state index in [2.05, 4.69) is 29.2 Å². The van der Waals surface area contributed by atoms with Crippen LogP contribution >= 0.6 is 0 Å². The van der Waals surface area contributed by atoms with E-state index < -0.39 is 0 Å². The Kier molecular flexibility index (Phi) is 6.40. The summed E-state index contributed by atoms with van der Waals surface area (Å²) in [5.41, 5.74) is 5.57. The van der Waals surface area contributed by atoms with Gasteiger partial charge in [0.25, 0.3) is 5.91 Å². The van der Waals surface area contributed by atoms with Gasteiger partial charge in [-0.25, -0.2) is 9.97 Å². The minimum atomic E-state index is -0.0915. The lowest BCUT2D eigenvalue weighted by Crippen LogP contribution is -2.39. The second-order valence-corrected chi connectivity index (χ2v) is 9.40. The lowest BCUT2D eigenvalue weighted by Gasteiger charge is -2.33. The van der Waals surface area contributed by atoms with Crippen molar-refractivity contribution in [1.82, 2.24) is 25.0 Å². The third kappa shape index (κ3) is 4.71. The van der Waals surface area contributed by atoms with E-state index in [0.717, 1.165) is 41.0 Å². The van der Waals surface area contributed by atoms with Crippen molar-refractivity contribution in [2.75, 3.05) is 13.1 Å². The van der Waals surface area contributed by atoms with E-state index in [9.17, 15) is 4.79 Å². The van der Waals surface area contributed by atoms with Gasteiger partial charge in [-0.05, 0) is 43.0 Å². The number of hydrogen-bond donors (Lipinski definition) is 0. The van der Waals surface area contributed by atoms with Crippen molar-refractivity contribution in [2.24, 2.45) is 0 Å². The zero-order valence-corrected chi connectivity index (χ0v) is 20.3. The second-order valence-electron chi connectivity index (χ2n) is 9.40. The molecule has 7 nitrogen and oxygen atoms in total. The zero-order valence-electron chi connectivity index (χ0n) is 20.3. The molecule has 0 radical (unpaired) electrons. The topological polar surface area (TPSA) is 85.0 Å². The zero-order chi connectivity index (χ0) is 24.4. The quantitative estimate of drug-likeness (QED) is 0.377. The molecule has 1 amide bonds. The number of aryl methyl sites for hydroxylation is 1. The lowest BCUT2D eigenvalue weighted by molar-refractivity contribution is 0.0695. The van der Waals surface area contributed by atoms with Crippen LogP contribution in [0.2, 0.25) is 0 Å². The number of piperidine rings is 1. The molecular formula is C28H29N5O2. The summed E-state index contributed by atoms with van der Waals surface area (Å²) in [5.74, 6) is 1.57. The maximum atomic E-state index is 13.3. The first kappa shape index (κ1) is 22.9. The molecule has 0 aliphatic carbocycles. The van der Waals surface area contributed by atoms with Gasteiger partial charge in [0.2, 0.25) is 0 Å². The fourth-order valence-corrected chi connectivity index (χ4v) is 4.64. The van der Waals surface area contributed by atoms with Crippen molar-refractivity contribution in [3.63, 3.8) is 0 Å². The van der Waals surface area contributed by atoms with Crippen LogP contribution in [0.5, 0.6) is 0 Å². The summed E-state index contributed by atoms with van der Waals surface area (Å²) in [6, 6.07) is 13.9. The predicted molar refractivity (Wildman–Crippen MR) is 134 cm³/mol. The summed E-state index contributed by atoms with van der Waals surface area (Å²) in [5, 5.41) is 4.04. The molecule has 1 aromatic carbocycles. The SMILES string of the molecule is Cc1ccccc1-c1cnc(-c2ccncc2)nc1C1CCCN(C(=O)c2cc(C(C)C)on2)C1. The van der Waals surface area contributed by atoms with Gasteiger partial charge in [0, 0.05) is 60.7 Å². The molecule has 1 unspecified atom stereocenters. The summed E-state index contributed by atoms with van der Waals surface area (Å²) < 4.78 is 5.38. The molecule has 1 atom stereocenters. The number of pyridine rings is 1. The van der Waals surface area contributed by atoms with Gasteiger partial charge < -0.3 is 9.42 Å². The number of carbonyl (C=O) groups is 1. The van der Waals surface area contributed by atoms with E-state index in [-0.39, 0.29) is 17.7 Å². The minimum absolute atomic E-state index is 0.0855. The highest BCUT2D eigenvalue weighted by molar-refractivity contribution is 5.92. The van der Waals surface area contributed by atoms with Crippen LogP contribution in [0.25, 0.3) is 22.5 Å². The molecule has 1 saturated heterocycles. The van der Waals surface area contributed by atoms with Crippen molar-refractivity contribution >= 4 is 5.91 Å². The number of likely N-dealkylation sites (tertiary alicyclic amines) is 1. The van der Waals surface area contributed by atoms with Crippen LogP contribution in [0, 0.1) is 6.92 Å². The fraction of sp³-hybridized carbons (Fsp3) is 0.321. The molecule has 0 saturated carbocycles. The summed E-state index contributed by atoms with van der Waals surface area (Å²) in [6.07, 6.45) is 7.27. The molecule has 0 bridgehead atoms. The van der Waals surface area contributed by atoms with Crippen LogP contribution in [-0.4, -0.2) is 44.0 Å². The van der Waals surface area contributed by atoms with Crippen LogP contribution < -0.4 is 0 Å². The van der Waals surface area contributed by atoms with Crippen LogP contribution in [0.1, 0.15) is 66.0 Å². The number of nitrogens with zero attached hydrogens (tertiary/aromatic N) is 5. The van der Waals surface area contributed by atoms with Gasteiger partial charge in [-0.15, -0.1) is 0 Å². The Morgan fingerprint density at radius 1 is 1.11 bits per heavy atom. The molecule has 0 N–H and O–H groups in total. The van der Waals surface area contributed by atoms with Crippen LogP contribution in [0.15, 0.2) is 65.6 Å². The molecule has 1 aliphatic rings. The van der Waals surface area contributed by atoms with E-state index >= 15 is 0 Å². The maximum Gasteiger partial charge on any atom is 0.276 e. The lowest BCUT2D eigenvalue weighted by atomic mass is 9.88. The highest BCUT2D eigenvalue weighted by Crippen LogP contribution is 2.35. The molecule has 4 heterocycles. The van der Waals surface area contributed by atoms with Crippen LogP contribution in [0.3, 0.4) is 0 Å². The smallest absolute Gasteiger partial charge is 0.276 e. The fourth-order valence-electron chi connectivity index (χ4n) is 4.64.